The Morgan fingerprint density at radius 1 is 1.12 bits per heavy atom. The van der Waals surface area contributed by atoms with Crippen LogP contribution in [-0.2, 0) is 11.4 Å². The van der Waals surface area contributed by atoms with Gasteiger partial charge in [-0.1, -0.05) is 41.4 Å². The van der Waals surface area contributed by atoms with Crippen LogP contribution < -0.4 is 14.8 Å². The zero-order chi connectivity index (χ0) is 23.9. The molecule has 0 saturated carbocycles. The Morgan fingerprint density at radius 2 is 1.91 bits per heavy atom. The Labute approximate surface area is 209 Å². The summed E-state index contributed by atoms with van der Waals surface area (Å²) in [5, 5.41) is 4.34. The highest BCUT2D eigenvalue weighted by Crippen LogP contribution is 2.34. The number of benzene rings is 2. The number of rotatable bonds is 7. The van der Waals surface area contributed by atoms with Crippen LogP contribution in [0.3, 0.4) is 0 Å². The van der Waals surface area contributed by atoms with Gasteiger partial charge >= 0.3 is 0 Å². The van der Waals surface area contributed by atoms with Crippen molar-refractivity contribution in [2.24, 2.45) is 0 Å². The van der Waals surface area contributed by atoms with Crippen molar-refractivity contribution >= 4 is 35.2 Å². The van der Waals surface area contributed by atoms with Crippen LogP contribution in [-0.4, -0.2) is 42.0 Å². The van der Waals surface area contributed by atoms with E-state index in [1.54, 1.807) is 36.5 Å². The minimum atomic E-state index is -0.00311. The first kappa shape index (κ1) is 24.1. The molecular weight excluding hydrogens is 473 g/mol. The van der Waals surface area contributed by atoms with Crippen molar-refractivity contribution in [1.82, 2.24) is 15.2 Å². The molecule has 2 heterocycles. The minimum absolute atomic E-state index is 0.00311. The van der Waals surface area contributed by atoms with Crippen molar-refractivity contribution in [3.05, 3.63) is 87.5 Å². The van der Waals surface area contributed by atoms with E-state index in [9.17, 15) is 4.79 Å². The Balaban J connectivity index is 1.38. The van der Waals surface area contributed by atoms with Gasteiger partial charge in [-0.15, -0.1) is 0 Å². The number of piperazine rings is 1. The lowest BCUT2D eigenvalue weighted by atomic mass is 10.1. The molecule has 1 N–H and O–H groups in total. The van der Waals surface area contributed by atoms with E-state index in [0.29, 0.717) is 47.1 Å². The number of hydrogen-bond donors (Lipinski definition) is 1. The van der Waals surface area contributed by atoms with Gasteiger partial charge in [0.05, 0.1) is 11.2 Å². The minimum Gasteiger partial charge on any atom is -0.487 e. The van der Waals surface area contributed by atoms with Gasteiger partial charge in [0.15, 0.2) is 5.75 Å². The Morgan fingerprint density at radius 3 is 2.62 bits per heavy atom. The van der Waals surface area contributed by atoms with E-state index in [4.69, 9.17) is 32.7 Å². The summed E-state index contributed by atoms with van der Waals surface area (Å²) in [6, 6.07) is 14.7. The van der Waals surface area contributed by atoms with E-state index in [-0.39, 0.29) is 5.91 Å². The standard InChI is InChI=1S/C26H25Cl2N3O3/c1-18-14-19(6-9-25(32)31-12-10-29-11-13-31)15-23(28)26(18)34-24-8-7-21(16-30-24)33-17-20-4-2-3-5-22(20)27/h2-9,14-16,29H,10-13,17H2,1H3/b9-6+. The molecule has 0 atom stereocenters. The number of amides is 1. The van der Waals surface area contributed by atoms with Gasteiger partial charge in [0, 0.05) is 48.9 Å². The first-order valence-electron chi connectivity index (χ1n) is 11.0. The van der Waals surface area contributed by atoms with Gasteiger partial charge < -0.3 is 19.7 Å². The average Bonchev–Trinajstić information content (AvgIpc) is 2.85. The van der Waals surface area contributed by atoms with Crippen LogP contribution in [0.4, 0.5) is 0 Å². The van der Waals surface area contributed by atoms with Crippen LogP contribution in [0, 0.1) is 6.92 Å². The third-order valence-electron chi connectivity index (χ3n) is 5.37. The molecule has 0 spiro atoms. The van der Waals surface area contributed by atoms with Crippen molar-refractivity contribution in [3.8, 4) is 17.4 Å². The molecule has 176 valence electrons. The van der Waals surface area contributed by atoms with Crippen LogP contribution in [0.25, 0.3) is 6.08 Å². The number of aryl methyl sites for hydroxylation is 1. The van der Waals surface area contributed by atoms with Gasteiger partial charge in [-0.2, -0.15) is 0 Å². The summed E-state index contributed by atoms with van der Waals surface area (Å²) in [6.07, 6.45) is 4.95. The molecule has 3 aromatic rings. The number of pyridine rings is 1. The van der Waals surface area contributed by atoms with E-state index >= 15 is 0 Å². The van der Waals surface area contributed by atoms with Crippen molar-refractivity contribution in [1.29, 1.82) is 0 Å². The van der Waals surface area contributed by atoms with E-state index < -0.39 is 0 Å². The number of halogens is 2. The van der Waals surface area contributed by atoms with Gasteiger partial charge in [0.2, 0.25) is 11.8 Å². The van der Waals surface area contributed by atoms with Gasteiger partial charge in [-0.3, -0.25) is 4.79 Å². The first-order chi connectivity index (χ1) is 16.5. The zero-order valence-corrected chi connectivity index (χ0v) is 20.3. The number of nitrogens with one attached hydrogen (secondary N) is 1. The molecule has 1 fully saturated rings. The molecule has 0 radical (unpaired) electrons. The van der Waals surface area contributed by atoms with Gasteiger partial charge in [-0.25, -0.2) is 4.98 Å². The average molecular weight is 498 g/mol. The maximum absolute atomic E-state index is 12.3. The largest absolute Gasteiger partial charge is 0.487 e. The third kappa shape index (κ3) is 6.29. The molecule has 1 aliphatic rings. The van der Waals surface area contributed by atoms with E-state index in [1.165, 1.54) is 0 Å². The quantitative estimate of drug-likeness (QED) is 0.435. The molecule has 8 heteroatoms. The lowest BCUT2D eigenvalue weighted by Crippen LogP contribution is -2.45. The third-order valence-corrected chi connectivity index (χ3v) is 6.02. The lowest BCUT2D eigenvalue weighted by molar-refractivity contribution is -0.126. The highest BCUT2D eigenvalue weighted by Gasteiger charge is 2.14. The van der Waals surface area contributed by atoms with Gasteiger partial charge in [0.25, 0.3) is 0 Å². The van der Waals surface area contributed by atoms with Crippen LogP contribution in [0.1, 0.15) is 16.7 Å². The molecule has 2 aromatic carbocycles. The summed E-state index contributed by atoms with van der Waals surface area (Å²) in [5.74, 6) is 1.51. The zero-order valence-electron chi connectivity index (χ0n) is 18.8. The number of hydrogen-bond acceptors (Lipinski definition) is 5. The van der Waals surface area contributed by atoms with Crippen LogP contribution in [0.15, 0.2) is 60.8 Å². The van der Waals surface area contributed by atoms with Crippen LogP contribution >= 0.6 is 23.2 Å². The molecular formula is C26H25Cl2N3O3. The summed E-state index contributed by atoms with van der Waals surface area (Å²) < 4.78 is 11.7. The summed E-state index contributed by atoms with van der Waals surface area (Å²) in [7, 11) is 0. The highest BCUT2D eigenvalue weighted by atomic mass is 35.5. The number of aromatic nitrogens is 1. The molecule has 4 rings (SSSR count). The Hall–Kier alpha value is -3.06. The summed E-state index contributed by atoms with van der Waals surface area (Å²) in [4.78, 5) is 18.5. The second kappa shape index (κ2) is 11.4. The van der Waals surface area contributed by atoms with Gasteiger partial charge in [-0.05, 0) is 48.4 Å². The van der Waals surface area contributed by atoms with Crippen LogP contribution in [0.2, 0.25) is 10.0 Å². The fourth-order valence-corrected chi connectivity index (χ4v) is 4.04. The summed E-state index contributed by atoms with van der Waals surface area (Å²) in [5.41, 5.74) is 2.56. The van der Waals surface area contributed by atoms with E-state index in [1.807, 2.05) is 42.2 Å². The second-order valence-electron chi connectivity index (χ2n) is 7.87. The van der Waals surface area contributed by atoms with E-state index in [2.05, 4.69) is 10.3 Å². The molecule has 6 nitrogen and oxygen atoms in total. The van der Waals surface area contributed by atoms with E-state index in [0.717, 1.165) is 29.8 Å². The Kier molecular flexibility index (Phi) is 8.06. The summed E-state index contributed by atoms with van der Waals surface area (Å²) >= 11 is 12.6. The maximum atomic E-state index is 12.3. The smallest absolute Gasteiger partial charge is 0.246 e. The number of carbonyl (C=O) groups excluding carboxylic acids is 1. The monoisotopic (exact) mass is 497 g/mol. The van der Waals surface area contributed by atoms with Gasteiger partial charge in [0.1, 0.15) is 12.4 Å². The second-order valence-corrected chi connectivity index (χ2v) is 8.69. The molecule has 0 unspecified atom stereocenters. The van der Waals surface area contributed by atoms with Crippen molar-refractivity contribution in [2.45, 2.75) is 13.5 Å². The molecule has 1 aliphatic heterocycles. The van der Waals surface area contributed by atoms with Crippen molar-refractivity contribution in [2.75, 3.05) is 26.2 Å². The maximum Gasteiger partial charge on any atom is 0.246 e. The van der Waals surface area contributed by atoms with Crippen molar-refractivity contribution < 1.29 is 14.3 Å². The predicted octanol–water partition coefficient (Wildman–Crippen LogP) is 5.51. The SMILES string of the molecule is Cc1cc(/C=C/C(=O)N2CCNCC2)cc(Cl)c1Oc1ccc(OCc2ccccc2Cl)cn1. The number of carbonyl (C=O) groups is 1. The topological polar surface area (TPSA) is 63.7 Å². The van der Waals surface area contributed by atoms with Crippen molar-refractivity contribution in [3.63, 3.8) is 0 Å². The molecule has 1 amide bonds. The normalized spacial score (nSPS) is 13.8. The molecule has 1 saturated heterocycles. The molecule has 0 aliphatic carbocycles. The number of ether oxygens (including phenoxy) is 2. The highest BCUT2D eigenvalue weighted by molar-refractivity contribution is 6.32. The molecule has 34 heavy (non-hydrogen) atoms. The fraction of sp³-hybridized carbons (Fsp3) is 0.231. The summed E-state index contributed by atoms with van der Waals surface area (Å²) in [6.45, 7) is 5.31. The predicted molar refractivity (Wildman–Crippen MR) is 135 cm³/mol. The number of nitrogens with zero attached hydrogens (tertiary/aromatic N) is 2. The van der Waals surface area contributed by atoms with Crippen LogP contribution in [0.5, 0.6) is 17.4 Å². The Bertz CT molecular complexity index is 1150. The first-order valence-corrected chi connectivity index (χ1v) is 11.7. The fourth-order valence-electron chi connectivity index (χ4n) is 3.53. The molecule has 1 aromatic heterocycles. The molecule has 0 bridgehead atoms. The lowest BCUT2D eigenvalue weighted by Gasteiger charge is -2.26.